The Hall–Kier alpha value is -4.08. The molecular formula is C22H21FN8O. The molecule has 0 aliphatic carbocycles. The molecule has 0 spiro atoms. The van der Waals surface area contributed by atoms with Gasteiger partial charge in [0.2, 0.25) is 0 Å². The van der Waals surface area contributed by atoms with E-state index >= 15 is 0 Å². The fraction of sp³-hybridized carbons (Fsp3) is 0.227. The number of hydrogen-bond donors (Lipinski definition) is 1. The van der Waals surface area contributed by atoms with Crippen LogP contribution in [0.25, 0.3) is 16.9 Å². The van der Waals surface area contributed by atoms with Gasteiger partial charge < -0.3 is 5.32 Å². The second kappa shape index (κ2) is 8.96. The lowest BCUT2D eigenvalue weighted by Crippen LogP contribution is -2.23. The molecule has 4 rings (SSSR count). The van der Waals surface area contributed by atoms with Gasteiger partial charge in [-0.2, -0.15) is 4.68 Å². The first-order valence-electron chi connectivity index (χ1n) is 10.0. The number of hydrogen-bond acceptors (Lipinski definition) is 7. The Morgan fingerprint density at radius 3 is 2.62 bits per heavy atom. The van der Waals surface area contributed by atoms with E-state index < -0.39 is 5.82 Å². The third-order valence-corrected chi connectivity index (χ3v) is 4.72. The molecule has 0 radical (unpaired) electrons. The quantitative estimate of drug-likeness (QED) is 0.498. The molecule has 0 unspecified atom stereocenters. The van der Waals surface area contributed by atoms with Crippen LogP contribution in [0.15, 0.2) is 48.9 Å². The third-order valence-electron chi connectivity index (χ3n) is 4.72. The van der Waals surface area contributed by atoms with Crippen molar-refractivity contribution in [3.8, 4) is 16.9 Å². The summed E-state index contributed by atoms with van der Waals surface area (Å²) in [6, 6.07) is 8.08. The van der Waals surface area contributed by atoms with Gasteiger partial charge in [0.25, 0.3) is 5.91 Å². The van der Waals surface area contributed by atoms with Crippen LogP contribution in [0.2, 0.25) is 0 Å². The van der Waals surface area contributed by atoms with E-state index in [0.717, 1.165) is 11.9 Å². The van der Waals surface area contributed by atoms with Crippen LogP contribution >= 0.6 is 0 Å². The van der Waals surface area contributed by atoms with Crippen molar-refractivity contribution in [1.29, 1.82) is 0 Å². The molecule has 3 aromatic heterocycles. The zero-order chi connectivity index (χ0) is 22.7. The summed E-state index contributed by atoms with van der Waals surface area (Å²) in [5.74, 6) is -0.0353. The molecule has 1 N–H and O–H groups in total. The minimum atomic E-state index is -0.440. The fourth-order valence-corrected chi connectivity index (χ4v) is 3.08. The van der Waals surface area contributed by atoms with Crippen molar-refractivity contribution in [3.63, 3.8) is 0 Å². The first-order valence-corrected chi connectivity index (χ1v) is 10.0. The zero-order valence-corrected chi connectivity index (χ0v) is 17.8. The average Bonchev–Trinajstić information content (AvgIpc) is 3.29. The number of amides is 1. The van der Waals surface area contributed by atoms with E-state index in [0.29, 0.717) is 34.0 Å². The van der Waals surface area contributed by atoms with Crippen LogP contribution in [-0.4, -0.2) is 41.1 Å². The summed E-state index contributed by atoms with van der Waals surface area (Å²) in [4.78, 5) is 25.5. The summed E-state index contributed by atoms with van der Waals surface area (Å²) in [5, 5.41) is 14.8. The molecule has 0 saturated carbocycles. The van der Waals surface area contributed by atoms with Crippen molar-refractivity contribution >= 4 is 5.91 Å². The topological polar surface area (TPSA) is 111 Å². The molecule has 162 valence electrons. The Bertz CT molecular complexity index is 1240. The van der Waals surface area contributed by atoms with Gasteiger partial charge in [-0.15, -0.1) is 5.10 Å². The maximum Gasteiger partial charge on any atom is 0.251 e. The van der Waals surface area contributed by atoms with Crippen LogP contribution in [0.5, 0.6) is 0 Å². The first kappa shape index (κ1) is 21.2. The molecule has 3 heterocycles. The molecule has 0 fully saturated rings. The molecular weight excluding hydrogens is 411 g/mol. The predicted molar refractivity (Wildman–Crippen MR) is 114 cm³/mol. The highest BCUT2D eigenvalue weighted by Crippen LogP contribution is 2.24. The van der Waals surface area contributed by atoms with Gasteiger partial charge >= 0.3 is 0 Å². The van der Waals surface area contributed by atoms with E-state index in [1.807, 2.05) is 26.8 Å². The summed E-state index contributed by atoms with van der Waals surface area (Å²) in [7, 11) is 0. The lowest BCUT2D eigenvalue weighted by atomic mass is 10.0. The normalized spacial score (nSPS) is 11.0. The number of halogens is 1. The minimum Gasteiger partial charge on any atom is -0.346 e. The van der Waals surface area contributed by atoms with E-state index in [-0.39, 0.29) is 18.4 Å². The van der Waals surface area contributed by atoms with E-state index in [9.17, 15) is 9.18 Å². The maximum absolute atomic E-state index is 13.4. The molecule has 32 heavy (non-hydrogen) atoms. The highest BCUT2D eigenvalue weighted by Gasteiger charge is 2.17. The van der Waals surface area contributed by atoms with Crippen molar-refractivity contribution in [3.05, 3.63) is 77.5 Å². The van der Waals surface area contributed by atoms with Crippen molar-refractivity contribution in [2.75, 3.05) is 0 Å². The maximum atomic E-state index is 13.4. The van der Waals surface area contributed by atoms with Gasteiger partial charge in [0.05, 0.1) is 41.7 Å². The number of nitrogens with zero attached hydrogens (tertiary/aromatic N) is 7. The molecule has 0 saturated heterocycles. The highest BCUT2D eigenvalue weighted by atomic mass is 19.1. The van der Waals surface area contributed by atoms with Gasteiger partial charge in [0, 0.05) is 23.2 Å². The van der Waals surface area contributed by atoms with Gasteiger partial charge in [0.1, 0.15) is 5.82 Å². The lowest BCUT2D eigenvalue weighted by molar-refractivity contribution is 0.0950. The van der Waals surface area contributed by atoms with Crippen molar-refractivity contribution < 1.29 is 9.18 Å². The Morgan fingerprint density at radius 2 is 1.94 bits per heavy atom. The molecule has 0 bridgehead atoms. The van der Waals surface area contributed by atoms with Gasteiger partial charge in [-0.25, -0.2) is 4.39 Å². The molecule has 9 nitrogen and oxygen atoms in total. The van der Waals surface area contributed by atoms with Crippen molar-refractivity contribution in [2.24, 2.45) is 0 Å². The average molecular weight is 432 g/mol. The van der Waals surface area contributed by atoms with Crippen LogP contribution in [0, 0.1) is 12.7 Å². The van der Waals surface area contributed by atoms with Crippen LogP contribution in [-0.2, 0) is 6.54 Å². The molecule has 1 amide bonds. The van der Waals surface area contributed by atoms with E-state index in [1.54, 1.807) is 35.3 Å². The molecule has 0 aliphatic heterocycles. The highest BCUT2D eigenvalue weighted by molar-refractivity contribution is 5.96. The van der Waals surface area contributed by atoms with Gasteiger partial charge in [-0.1, -0.05) is 13.8 Å². The number of aryl methyl sites for hydroxylation is 1. The molecule has 1 aromatic carbocycles. The SMILES string of the molecule is Cc1cnc(CNC(=O)c2cc(-c3ccc(F)cn3)cc(-n3nnnc3C(C)C)c2)cn1. The number of rotatable bonds is 6. The first-order chi connectivity index (χ1) is 15.4. The number of aromatic nitrogens is 7. The standard InChI is InChI=1S/C22H21FN8O/c1-13(2)21-28-29-30-31(21)19-7-15(20-5-4-17(23)10-26-20)6-16(8-19)22(32)27-12-18-11-24-14(3)9-25-18/h4-11,13H,12H2,1-3H3,(H,27,32). The summed E-state index contributed by atoms with van der Waals surface area (Å²) in [6.45, 7) is 6.02. The Balaban J connectivity index is 1.71. The largest absolute Gasteiger partial charge is 0.346 e. The number of nitrogens with one attached hydrogen (secondary N) is 1. The third kappa shape index (κ3) is 4.64. The zero-order valence-electron chi connectivity index (χ0n) is 17.8. The Morgan fingerprint density at radius 1 is 1.09 bits per heavy atom. The van der Waals surface area contributed by atoms with E-state index in [1.165, 1.54) is 6.07 Å². The number of carbonyl (C=O) groups excluding carboxylic acids is 1. The summed E-state index contributed by atoms with van der Waals surface area (Å²) >= 11 is 0. The van der Waals surface area contributed by atoms with Crippen molar-refractivity contribution in [1.82, 2.24) is 40.5 Å². The summed E-state index contributed by atoms with van der Waals surface area (Å²) in [6.07, 6.45) is 4.40. The Kier molecular flexibility index (Phi) is 5.93. The minimum absolute atomic E-state index is 0.0648. The molecule has 0 aliphatic rings. The lowest BCUT2D eigenvalue weighted by Gasteiger charge is -2.12. The molecule has 4 aromatic rings. The smallest absolute Gasteiger partial charge is 0.251 e. The predicted octanol–water partition coefficient (Wildman–Crippen LogP) is 3.02. The summed E-state index contributed by atoms with van der Waals surface area (Å²) in [5.41, 5.74) is 3.57. The second-order valence-electron chi connectivity index (χ2n) is 7.57. The van der Waals surface area contributed by atoms with Crippen LogP contribution in [0.4, 0.5) is 4.39 Å². The van der Waals surface area contributed by atoms with Crippen LogP contribution < -0.4 is 5.32 Å². The van der Waals surface area contributed by atoms with Gasteiger partial charge in [-0.3, -0.25) is 19.7 Å². The number of pyridine rings is 1. The Labute approximate surface area is 183 Å². The number of carbonyl (C=O) groups is 1. The van der Waals surface area contributed by atoms with Crippen molar-refractivity contribution in [2.45, 2.75) is 33.2 Å². The van der Waals surface area contributed by atoms with Crippen LogP contribution in [0.1, 0.15) is 47.3 Å². The van der Waals surface area contributed by atoms with Gasteiger partial charge in [0.15, 0.2) is 5.82 Å². The molecule has 0 atom stereocenters. The fourth-order valence-electron chi connectivity index (χ4n) is 3.08. The van der Waals surface area contributed by atoms with Gasteiger partial charge in [-0.05, 0) is 47.7 Å². The monoisotopic (exact) mass is 432 g/mol. The number of benzene rings is 1. The second-order valence-corrected chi connectivity index (χ2v) is 7.57. The van der Waals surface area contributed by atoms with Crippen LogP contribution in [0.3, 0.4) is 0 Å². The number of tetrazole rings is 1. The van der Waals surface area contributed by atoms with E-state index in [4.69, 9.17) is 0 Å². The van der Waals surface area contributed by atoms with E-state index in [2.05, 4.69) is 35.8 Å². The summed E-state index contributed by atoms with van der Waals surface area (Å²) < 4.78 is 15.0. The molecule has 10 heteroatoms.